The van der Waals surface area contributed by atoms with Gasteiger partial charge in [0.25, 0.3) is 5.91 Å². The number of ether oxygens (including phenoxy) is 3. The average molecular weight is 730 g/mol. The zero-order valence-corrected chi connectivity index (χ0v) is 29.5. The van der Waals surface area contributed by atoms with Crippen molar-refractivity contribution in [2.24, 2.45) is 5.73 Å². The monoisotopic (exact) mass is 729 g/mol. The predicted octanol–water partition coefficient (Wildman–Crippen LogP) is 7.33. The van der Waals surface area contributed by atoms with Crippen molar-refractivity contribution in [2.75, 3.05) is 31.4 Å². The van der Waals surface area contributed by atoms with E-state index in [0.717, 1.165) is 11.1 Å². The van der Waals surface area contributed by atoms with Crippen molar-refractivity contribution in [3.8, 4) is 22.8 Å². The van der Waals surface area contributed by atoms with Gasteiger partial charge in [-0.3, -0.25) is 4.79 Å². The number of halogens is 5. The normalized spacial score (nSPS) is 11.6. The van der Waals surface area contributed by atoms with Crippen LogP contribution in [0.1, 0.15) is 58.9 Å². The number of aryl methyl sites for hydroxylation is 1. The molecule has 4 aromatic rings. The highest BCUT2D eigenvalue weighted by atomic mass is 19.4. The van der Waals surface area contributed by atoms with E-state index in [1.54, 1.807) is 74.2 Å². The van der Waals surface area contributed by atoms with Crippen LogP contribution in [0.4, 0.5) is 38.3 Å². The maximum absolute atomic E-state index is 16.4. The minimum absolute atomic E-state index is 0.0117. The number of nitrogen functional groups attached to an aromatic ring is 1. The Bertz CT molecular complexity index is 1880. The van der Waals surface area contributed by atoms with Gasteiger partial charge in [-0.15, -0.1) is 0 Å². The molecule has 0 atom stereocenters. The summed E-state index contributed by atoms with van der Waals surface area (Å²) in [4.78, 5) is 30.6. The van der Waals surface area contributed by atoms with E-state index in [4.69, 9.17) is 25.7 Å². The molecule has 1 heterocycles. The number of amides is 2. The van der Waals surface area contributed by atoms with Crippen LogP contribution in [0.15, 0.2) is 54.6 Å². The molecule has 10 nitrogen and oxygen atoms in total. The molecular formula is C37H40F5N5O5. The lowest BCUT2D eigenvalue weighted by molar-refractivity contribution is -0.137. The number of anilines is 2. The standard InChI is InChI=1S/C37H40F5N5O5/c1-20-17-26(47(18-21-7-11-23(50-5)12-8-21)19-22-9-13-24(51-6)14-10-22)46-33(29(20)37(40,41)42)27-25(15-16-45-35(49)52-36(2,3)4)30(38)28(34(44)48)32(43)31(27)39/h7-14,17H,15-16,18-19,43H2,1-6H3,(H2,44,48)(H,45,49). The quantitative estimate of drug-likeness (QED) is 0.102. The van der Waals surface area contributed by atoms with E-state index in [1.165, 1.54) is 27.2 Å². The molecule has 15 heteroatoms. The number of nitrogens with two attached hydrogens (primary N) is 2. The van der Waals surface area contributed by atoms with Crippen LogP contribution in [-0.2, 0) is 30.4 Å². The molecule has 278 valence electrons. The summed E-state index contributed by atoms with van der Waals surface area (Å²) in [5, 5.41) is 2.37. The van der Waals surface area contributed by atoms with Gasteiger partial charge in [0.1, 0.15) is 34.3 Å². The number of primary amides is 1. The number of hydrogen-bond donors (Lipinski definition) is 3. The summed E-state index contributed by atoms with van der Waals surface area (Å²) >= 11 is 0. The van der Waals surface area contributed by atoms with E-state index in [0.29, 0.717) is 11.5 Å². The zero-order chi connectivity index (χ0) is 38.5. The topological polar surface area (TPSA) is 142 Å². The Labute approximate surface area is 297 Å². The average Bonchev–Trinajstić information content (AvgIpc) is 3.05. The summed E-state index contributed by atoms with van der Waals surface area (Å²) in [6.07, 6.45) is -6.62. The number of aromatic nitrogens is 1. The molecule has 0 aliphatic heterocycles. The first-order chi connectivity index (χ1) is 24.3. The minimum atomic E-state index is -5.10. The fourth-order valence-electron chi connectivity index (χ4n) is 5.56. The molecule has 5 N–H and O–H groups in total. The fraction of sp³-hybridized carbons (Fsp3) is 0.324. The van der Waals surface area contributed by atoms with Gasteiger partial charge in [-0.1, -0.05) is 24.3 Å². The van der Waals surface area contributed by atoms with Crippen LogP contribution >= 0.6 is 0 Å². The minimum Gasteiger partial charge on any atom is -0.497 e. The molecule has 0 aliphatic carbocycles. The number of nitrogens with one attached hydrogen (secondary N) is 1. The van der Waals surface area contributed by atoms with E-state index >= 15 is 8.78 Å². The maximum Gasteiger partial charge on any atom is 0.418 e. The van der Waals surface area contributed by atoms with Crippen molar-refractivity contribution in [2.45, 2.75) is 59.0 Å². The third-order valence-corrected chi connectivity index (χ3v) is 7.91. The summed E-state index contributed by atoms with van der Waals surface area (Å²) in [5.41, 5.74) is 5.28. The van der Waals surface area contributed by atoms with Crippen molar-refractivity contribution in [1.29, 1.82) is 0 Å². The highest BCUT2D eigenvalue weighted by Gasteiger charge is 2.40. The molecule has 4 rings (SSSR count). The van der Waals surface area contributed by atoms with Crippen LogP contribution in [0.5, 0.6) is 11.5 Å². The number of benzene rings is 3. The molecule has 0 radical (unpaired) electrons. The first-order valence-corrected chi connectivity index (χ1v) is 16.0. The van der Waals surface area contributed by atoms with Crippen molar-refractivity contribution in [3.05, 3.63) is 99.6 Å². The second-order valence-corrected chi connectivity index (χ2v) is 12.9. The molecule has 3 aromatic carbocycles. The highest BCUT2D eigenvalue weighted by Crippen LogP contribution is 2.44. The summed E-state index contributed by atoms with van der Waals surface area (Å²) in [6.45, 7) is 5.80. The third-order valence-electron chi connectivity index (χ3n) is 7.91. The number of alkyl halides is 3. The van der Waals surface area contributed by atoms with Crippen LogP contribution in [-0.4, -0.2) is 43.3 Å². The van der Waals surface area contributed by atoms with Crippen molar-refractivity contribution in [3.63, 3.8) is 0 Å². The Kier molecular flexibility index (Phi) is 11.9. The molecule has 0 saturated carbocycles. The summed E-state index contributed by atoms with van der Waals surface area (Å²) in [7, 11) is 3.02. The number of carbonyl (C=O) groups excluding carboxylic acids is 2. The first-order valence-electron chi connectivity index (χ1n) is 16.0. The van der Waals surface area contributed by atoms with E-state index in [2.05, 4.69) is 10.3 Å². The molecule has 52 heavy (non-hydrogen) atoms. The number of methoxy groups -OCH3 is 2. The van der Waals surface area contributed by atoms with Gasteiger partial charge in [-0.05, 0) is 81.1 Å². The van der Waals surface area contributed by atoms with Gasteiger partial charge in [0, 0.05) is 30.8 Å². The van der Waals surface area contributed by atoms with Crippen molar-refractivity contribution in [1.82, 2.24) is 10.3 Å². The van der Waals surface area contributed by atoms with E-state index in [9.17, 15) is 22.8 Å². The number of carbonyl (C=O) groups is 2. The molecule has 0 bridgehead atoms. The summed E-state index contributed by atoms with van der Waals surface area (Å²) < 4.78 is 92.8. The van der Waals surface area contributed by atoms with Gasteiger partial charge in [0.2, 0.25) is 0 Å². The van der Waals surface area contributed by atoms with Crippen LogP contribution in [0.25, 0.3) is 11.3 Å². The second kappa shape index (κ2) is 15.7. The predicted molar refractivity (Wildman–Crippen MR) is 186 cm³/mol. The molecule has 1 aromatic heterocycles. The van der Waals surface area contributed by atoms with Crippen molar-refractivity contribution >= 4 is 23.5 Å². The lowest BCUT2D eigenvalue weighted by atomic mass is 9.91. The number of rotatable bonds is 12. The fourth-order valence-corrected chi connectivity index (χ4v) is 5.56. The Morgan fingerprint density at radius 2 is 1.40 bits per heavy atom. The van der Waals surface area contributed by atoms with Gasteiger partial charge < -0.3 is 35.9 Å². The Balaban J connectivity index is 1.96. The number of nitrogens with zero attached hydrogens (tertiary/aromatic N) is 2. The van der Waals surface area contributed by atoms with E-state index in [1.807, 2.05) is 0 Å². The lowest BCUT2D eigenvalue weighted by Crippen LogP contribution is -2.34. The summed E-state index contributed by atoms with van der Waals surface area (Å²) in [5.74, 6) is -3.27. The van der Waals surface area contributed by atoms with Crippen LogP contribution < -0.4 is 31.2 Å². The van der Waals surface area contributed by atoms with Crippen LogP contribution in [0.3, 0.4) is 0 Å². The van der Waals surface area contributed by atoms with Gasteiger partial charge >= 0.3 is 12.3 Å². The van der Waals surface area contributed by atoms with Gasteiger partial charge in [0.05, 0.1) is 31.2 Å². The summed E-state index contributed by atoms with van der Waals surface area (Å²) in [6, 6.07) is 15.2. The molecular weight excluding hydrogens is 689 g/mol. The molecule has 2 amide bonds. The molecule has 0 aliphatic rings. The molecule has 0 fully saturated rings. The third kappa shape index (κ3) is 9.19. The molecule has 0 unspecified atom stereocenters. The van der Waals surface area contributed by atoms with Crippen LogP contribution in [0.2, 0.25) is 0 Å². The van der Waals surface area contributed by atoms with E-state index in [-0.39, 0.29) is 24.5 Å². The van der Waals surface area contributed by atoms with Gasteiger partial charge in [-0.25, -0.2) is 18.6 Å². The Hall–Kier alpha value is -5.60. The van der Waals surface area contributed by atoms with E-state index < -0.39 is 82.0 Å². The van der Waals surface area contributed by atoms with Gasteiger partial charge in [-0.2, -0.15) is 13.2 Å². The van der Waals surface area contributed by atoms with Gasteiger partial charge in [0.15, 0.2) is 5.82 Å². The Morgan fingerprint density at radius 1 is 0.885 bits per heavy atom. The molecule has 0 saturated heterocycles. The maximum atomic E-state index is 16.4. The zero-order valence-electron chi connectivity index (χ0n) is 29.5. The SMILES string of the molecule is COc1ccc(CN(Cc2ccc(OC)cc2)c2cc(C)c(C(F)(F)F)c(-c3c(F)c(N)c(C(N)=O)c(F)c3CCNC(=O)OC(C)(C)C)n2)cc1. The first kappa shape index (κ1) is 39.2. The smallest absolute Gasteiger partial charge is 0.418 e. The largest absolute Gasteiger partial charge is 0.497 e. The number of hydrogen-bond acceptors (Lipinski definition) is 8. The second-order valence-electron chi connectivity index (χ2n) is 12.9. The Morgan fingerprint density at radius 3 is 1.85 bits per heavy atom. The number of pyridine rings is 1. The molecule has 0 spiro atoms. The lowest BCUT2D eigenvalue weighted by Gasteiger charge is -2.28. The number of alkyl carbamates (subject to hydrolysis) is 1. The van der Waals surface area contributed by atoms with Crippen molar-refractivity contribution < 1.29 is 45.8 Å². The highest BCUT2D eigenvalue weighted by molar-refractivity contribution is 6.00. The van der Waals surface area contributed by atoms with Crippen LogP contribution in [0, 0.1) is 18.6 Å².